The van der Waals surface area contributed by atoms with Gasteiger partial charge in [0, 0.05) is 42.4 Å². The molecule has 1 aliphatic rings. The Labute approximate surface area is 227 Å². The molecule has 0 radical (unpaired) electrons. The van der Waals surface area contributed by atoms with E-state index >= 15 is 0 Å². The van der Waals surface area contributed by atoms with Crippen LogP contribution >= 0.6 is 21.6 Å². The Hall–Kier alpha value is -3.08. The van der Waals surface area contributed by atoms with Crippen LogP contribution in [0.3, 0.4) is 0 Å². The summed E-state index contributed by atoms with van der Waals surface area (Å²) in [7, 11) is 4.18. The number of nitrogens with zero attached hydrogens (tertiary/aromatic N) is 6. The maximum absolute atomic E-state index is 13.0. The van der Waals surface area contributed by atoms with E-state index in [1.54, 1.807) is 0 Å². The lowest BCUT2D eigenvalue weighted by Gasteiger charge is -2.26. The lowest BCUT2D eigenvalue weighted by molar-refractivity contribution is -0.383. The molecule has 0 saturated carbocycles. The summed E-state index contributed by atoms with van der Waals surface area (Å²) in [6.07, 6.45) is 1.15. The van der Waals surface area contributed by atoms with Crippen LogP contribution in [0.1, 0.15) is 26.2 Å². The van der Waals surface area contributed by atoms with Gasteiger partial charge in [-0.3, -0.25) is 24.5 Å². The number of aliphatic hydroxyl groups excluding tert-OH is 1. The maximum atomic E-state index is 13.0. The van der Waals surface area contributed by atoms with E-state index < -0.39 is 27.5 Å². The highest BCUT2D eigenvalue weighted by Gasteiger charge is 2.53. The molecule has 3 amide bonds. The minimum Gasteiger partial charge on any atom is -0.395 e. The van der Waals surface area contributed by atoms with Crippen molar-refractivity contribution >= 4 is 56.4 Å². The zero-order valence-corrected chi connectivity index (χ0v) is 22.7. The number of nitrogens with one attached hydrogen (secondary N) is 3. The maximum Gasteiger partial charge on any atom is 0.292 e. The van der Waals surface area contributed by atoms with E-state index in [4.69, 9.17) is 10.6 Å². The minimum absolute atomic E-state index is 0.0899. The molecule has 0 spiro atoms. The molecule has 1 aromatic carbocycles. The number of hydrazine groups is 1. The number of nitro benzene ring substituents is 1. The van der Waals surface area contributed by atoms with E-state index in [0.29, 0.717) is 50.5 Å². The number of carbonyl (C=O) groups excluding carboxylic acids is 3. The molecule has 1 atom stereocenters. The number of nitro groups is 1. The third kappa shape index (κ3) is 9.04. The third-order valence-corrected chi connectivity index (χ3v) is 8.19. The van der Waals surface area contributed by atoms with Crippen molar-refractivity contribution in [2.45, 2.75) is 31.1 Å². The highest BCUT2D eigenvalue weighted by molar-refractivity contribution is 8.77. The Bertz CT molecular complexity index is 1070. The van der Waals surface area contributed by atoms with Gasteiger partial charge < -0.3 is 20.6 Å². The molecule has 1 aromatic rings. The SMILES string of the molecule is CC(=O)NC1(SSCCO)CC(=O)N(NCCCN(C)CCCNc2ccc(N=[N+]=[N-])cc2[N+](=O)[O-])C1=O. The fraction of sp³-hybridized carbons (Fsp3) is 0.571. The standard InChI is InChI=1S/C21H31N9O6S2/c1-15(32)25-21(38-37-12-11-31)14-19(33)29(20(21)34)24-8-4-10-28(2)9-3-7-23-17-6-5-16(26-27-22)13-18(17)30(35)36/h5-6,13,23-24,31H,3-4,7-12,14H2,1-2H3,(H,25,32). The summed E-state index contributed by atoms with van der Waals surface area (Å²) in [4.78, 5) is 51.1. The summed E-state index contributed by atoms with van der Waals surface area (Å²) in [6, 6.07) is 4.21. The van der Waals surface area contributed by atoms with E-state index in [2.05, 4.69) is 31.0 Å². The molecule has 0 aromatic heterocycles. The van der Waals surface area contributed by atoms with Gasteiger partial charge in [0.05, 0.1) is 18.0 Å². The normalized spacial score (nSPS) is 17.0. The lowest BCUT2D eigenvalue weighted by Crippen LogP contribution is -2.53. The summed E-state index contributed by atoms with van der Waals surface area (Å²) >= 11 is 0. The minimum atomic E-state index is -1.40. The van der Waals surface area contributed by atoms with Crippen molar-refractivity contribution < 1.29 is 24.4 Å². The molecule has 2 rings (SSSR count). The Morgan fingerprint density at radius 1 is 1.34 bits per heavy atom. The lowest BCUT2D eigenvalue weighted by atomic mass is 10.2. The van der Waals surface area contributed by atoms with Gasteiger partial charge in [0.25, 0.3) is 11.6 Å². The van der Waals surface area contributed by atoms with Gasteiger partial charge in [0.2, 0.25) is 11.8 Å². The molecule has 0 aliphatic carbocycles. The summed E-state index contributed by atoms with van der Waals surface area (Å²) < 4.78 is 0. The van der Waals surface area contributed by atoms with Gasteiger partial charge in [-0.05, 0) is 44.6 Å². The van der Waals surface area contributed by atoms with Crippen molar-refractivity contribution in [2.75, 3.05) is 50.9 Å². The number of aliphatic hydroxyl groups is 1. The number of amides is 3. The van der Waals surface area contributed by atoms with E-state index in [1.807, 2.05) is 7.05 Å². The van der Waals surface area contributed by atoms with Gasteiger partial charge in [-0.15, -0.1) is 0 Å². The Morgan fingerprint density at radius 3 is 2.68 bits per heavy atom. The van der Waals surface area contributed by atoms with E-state index in [1.165, 1.54) is 35.9 Å². The molecule has 1 fully saturated rings. The fourth-order valence-electron chi connectivity index (χ4n) is 3.63. The van der Waals surface area contributed by atoms with Gasteiger partial charge in [0.15, 0.2) is 4.87 Å². The number of hydrogen-bond acceptors (Lipinski definition) is 12. The number of anilines is 1. The second-order valence-corrected chi connectivity index (χ2v) is 11.1. The van der Waals surface area contributed by atoms with Crippen LogP contribution in [0.25, 0.3) is 10.4 Å². The van der Waals surface area contributed by atoms with Crippen molar-refractivity contribution in [3.8, 4) is 0 Å². The molecule has 17 heteroatoms. The predicted molar refractivity (Wildman–Crippen MR) is 145 cm³/mol. The van der Waals surface area contributed by atoms with Gasteiger partial charge in [-0.25, -0.2) is 10.4 Å². The van der Waals surface area contributed by atoms with Crippen LogP contribution < -0.4 is 16.1 Å². The van der Waals surface area contributed by atoms with Gasteiger partial charge in [-0.1, -0.05) is 32.8 Å². The van der Waals surface area contributed by atoms with Crippen LogP contribution in [0, 0.1) is 10.1 Å². The number of azide groups is 1. The van der Waals surface area contributed by atoms with Crippen molar-refractivity contribution in [3.05, 3.63) is 38.8 Å². The number of imide groups is 1. The quantitative estimate of drug-likeness (QED) is 0.0246. The Morgan fingerprint density at radius 2 is 2.05 bits per heavy atom. The topological polar surface area (TPSA) is 206 Å². The molecule has 4 N–H and O–H groups in total. The molecule has 1 heterocycles. The highest BCUT2D eigenvalue weighted by Crippen LogP contribution is 2.41. The third-order valence-electron chi connectivity index (χ3n) is 5.31. The van der Waals surface area contributed by atoms with E-state index in [-0.39, 0.29) is 24.4 Å². The second-order valence-electron chi connectivity index (χ2n) is 8.34. The monoisotopic (exact) mass is 569 g/mol. The van der Waals surface area contributed by atoms with Crippen molar-refractivity contribution in [1.82, 2.24) is 20.7 Å². The largest absolute Gasteiger partial charge is 0.395 e. The number of carbonyl (C=O) groups is 3. The number of hydrogen-bond donors (Lipinski definition) is 4. The molecule has 208 valence electrons. The van der Waals surface area contributed by atoms with Crippen molar-refractivity contribution in [3.63, 3.8) is 0 Å². The molecule has 38 heavy (non-hydrogen) atoms. The second kappa shape index (κ2) is 15.4. The van der Waals surface area contributed by atoms with Gasteiger partial charge in [0.1, 0.15) is 5.69 Å². The average molecular weight is 570 g/mol. The van der Waals surface area contributed by atoms with Gasteiger partial charge >= 0.3 is 0 Å². The van der Waals surface area contributed by atoms with Crippen LogP contribution in [0.15, 0.2) is 23.3 Å². The molecular formula is C21H31N9O6S2. The fourth-order valence-corrected chi connectivity index (χ4v) is 6.11. The number of benzene rings is 1. The number of rotatable bonds is 17. The molecule has 0 bridgehead atoms. The molecular weight excluding hydrogens is 538 g/mol. The Kier molecular flexibility index (Phi) is 12.6. The zero-order valence-electron chi connectivity index (χ0n) is 21.1. The molecule has 1 aliphatic heterocycles. The van der Waals surface area contributed by atoms with Gasteiger partial charge in [-0.2, -0.15) is 0 Å². The summed E-state index contributed by atoms with van der Waals surface area (Å²) in [5.41, 5.74) is 11.7. The Balaban J connectivity index is 1.75. The van der Waals surface area contributed by atoms with Crippen molar-refractivity contribution in [2.24, 2.45) is 5.11 Å². The highest BCUT2D eigenvalue weighted by atomic mass is 33.1. The van der Waals surface area contributed by atoms with E-state index in [0.717, 1.165) is 15.8 Å². The average Bonchev–Trinajstić information content (AvgIpc) is 3.08. The van der Waals surface area contributed by atoms with Crippen LogP contribution in [0.5, 0.6) is 0 Å². The summed E-state index contributed by atoms with van der Waals surface area (Å²) in [5, 5.41) is 30.2. The summed E-state index contributed by atoms with van der Waals surface area (Å²) in [5.74, 6) is -1.07. The smallest absolute Gasteiger partial charge is 0.292 e. The van der Waals surface area contributed by atoms with Crippen LogP contribution in [0.2, 0.25) is 0 Å². The first-order valence-corrected chi connectivity index (χ1v) is 14.0. The zero-order chi connectivity index (χ0) is 28.1. The first kappa shape index (κ1) is 31.1. The first-order chi connectivity index (χ1) is 18.1. The molecule has 1 saturated heterocycles. The predicted octanol–water partition coefficient (Wildman–Crippen LogP) is 2.13. The first-order valence-electron chi connectivity index (χ1n) is 11.7. The van der Waals surface area contributed by atoms with Crippen LogP contribution in [-0.2, 0) is 14.4 Å². The van der Waals surface area contributed by atoms with Crippen LogP contribution in [-0.4, -0.2) is 88.1 Å². The van der Waals surface area contributed by atoms with Crippen molar-refractivity contribution in [1.29, 1.82) is 0 Å². The van der Waals surface area contributed by atoms with E-state index in [9.17, 15) is 24.5 Å². The molecule has 1 unspecified atom stereocenters. The van der Waals surface area contributed by atoms with Crippen LogP contribution in [0.4, 0.5) is 17.1 Å². The molecule has 15 nitrogen and oxygen atoms in total. The summed E-state index contributed by atoms with van der Waals surface area (Å²) in [6.45, 7) is 3.40.